The van der Waals surface area contributed by atoms with Crippen molar-refractivity contribution in [3.8, 4) is 0 Å². The molecule has 0 aromatic carbocycles. The number of thiol groups is 1. The molecule has 5 atom stereocenters. The van der Waals surface area contributed by atoms with Gasteiger partial charge >= 0.3 is 17.9 Å². The summed E-state index contributed by atoms with van der Waals surface area (Å²) >= 11 is 6.28. The van der Waals surface area contributed by atoms with E-state index in [0.717, 1.165) is 0 Å². The summed E-state index contributed by atoms with van der Waals surface area (Å²) in [4.78, 5) is 33.8. The first kappa shape index (κ1) is 18.5. The number of ether oxygens (including phenoxy) is 4. The highest BCUT2D eigenvalue weighted by molar-refractivity contribution is 14.1. The molecule has 21 heavy (non-hydrogen) atoms. The van der Waals surface area contributed by atoms with Gasteiger partial charge in [-0.3, -0.25) is 14.4 Å². The quantitative estimate of drug-likeness (QED) is 0.232. The van der Waals surface area contributed by atoms with Crippen LogP contribution >= 0.6 is 35.2 Å². The maximum Gasteiger partial charge on any atom is 0.303 e. The Bertz CT molecular complexity index is 416. The molecule has 1 rings (SSSR count). The minimum absolute atomic E-state index is 0.483. The molecule has 0 amide bonds. The summed E-state index contributed by atoms with van der Waals surface area (Å²) in [6.45, 7) is 3.68. The van der Waals surface area contributed by atoms with E-state index < -0.39 is 47.8 Å². The third-order valence-electron chi connectivity index (χ3n) is 2.67. The summed E-state index contributed by atoms with van der Waals surface area (Å²) in [7, 11) is 0. The topological polar surface area (TPSA) is 88.1 Å². The highest BCUT2D eigenvalue weighted by Gasteiger charge is 2.50. The Kier molecular flexibility index (Phi) is 7.21. The Morgan fingerprint density at radius 3 is 1.81 bits per heavy atom. The molecule has 0 radical (unpaired) electrons. The van der Waals surface area contributed by atoms with Crippen molar-refractivity contribution >= 4 is 53.1 Å². The van der Waals surface area contributed by atoms with Crippen molar-refractivity contribution in [2.75, 3.05) is 4.43 Å². The summed E-state index contributed by atoms with van der Waals surface area (Å²) in [5.41, 5.74) is -0.787. The molecular formula is C12H17IO7S. The Morgan fingerprint density at radius 1 is 0.952 bits per heavy atom. The Labute approximate surface area is 141 Å². The summed E-state index contributed by atoms with van der Waals surface area (Å²) in [6.07, 6.45) is -3.31. The van der Waals surface area contributed by atoms with Gasteiger partial charge in [-0.05, 0) is 0 Å². The zero-order valence-electron chi connectivity index (χ0n) is 11.8. The Hall–Kier alpha value is -0.550. The van der Waals surface area contributed by atoms with E-state index in [1.165, 1.54) is 20.8 Å². The molecule has 0 bridgehead atoms. The molecule has 9 heteroatoms. The van der Waals surface area contributed by atoms with E-state index >= 15 is 0 Å². The number of hydrogen-bond acceptors (Lipinski definition) is 8. The van der Waals surface area contributed by atoms with Gasteiger partial charge in [-0.15, -0.1) is 12.6 Å². The maximum absolute atomic E-state index is 11.3. The molecule has 1 saturated heterocycles. The minimum Gasteiger partial charge on any atom is -0.456 e. The standard InChI is InChI=1S/C12H17IO7S/c1-5(14)17-9-8(4-13)20-12(21)11(19-7(3)16)10(9)18-6(2)15/h8-12,21H,4H2,1-3H3/t8-,9-,10+,11+,12-/m1/s1. The average Bonchev–Trinajstić information content (AvgIpc) is 2.35. The van der Waals surface area contributed by atoms with Crippen molar-refractivity contribution in [2.24, 2.45) is 0 Å². The smallest absolute Gasteiger partial charge is 0.303 e. The molecule has 1 aliphatic heterocycles. The second-order valence-electron chi connectivity index (χ2n) is 4.44. The summed E-state index contributed by atoms with van der Waals surface area (Å²) in [6, 6.07) is 0. The lowest BCUT2D eigenvalue weighted by Gasteiger charge is -2.42. The fourth-order valence-electron chi connectivity index (χ4n) is 2.00. The van der Waals surface area contributed by atoms with Gasteiger partial charge in [0.05, 0.1) is 0 Å². The van der Waals surface area contributed by atoms with Gasteiger partial charge in [0.1, 0.15) is 11.5 Å². The number of carbonyl (C=O) groups excluding carboxylic acids is 3. The van der Waals surface area contributed by atoms with Crippen LogP contribution in [-0.2, 0) is 33.3 Å². The van der Waals surface area contributed by atoms with E-state index in [-0.39, 0.29) is 0 Å². The number of carbonyl (C=O) groups is 3. The van der Waals surface area contributed by atoms with Gasteiger partial charge in [0.25, 0.3) is 0 Å². The third-order valence-corrected chi connectivity index (χ3v) is 3.95. The van der Waals surface area contributed by atoms with Crippen LogP contribution in [0.1, 0.15) is 20.8 Å². The zero-order chi connectivity index (χ0) is 16.2. The van der Waals surface area contributed by atoms with Gasteiger partial charge < -0.3 is 18.9 Å². The monoisotopic (exact) mass is 432 g/mol. The molecule has 120 valence electrons. The van der Waals surface area contributed by atoms with E-state index in [0.29, 0.717) is 4.43 Å². The normalized spacial score (nSPS) is 32.1. The van der Waals surface area contributed by atoms with E-state index in [2.05, 4.69) is 35.2 Å². The highest BCUT2D eigenvalue weighted by Crippen LogP contribution is 2.31. The van der Waals surface area contributed by atoms with Crippen molar-refractivity contribution in [1.29, 1.82) is 0 Å². The molecule has 0 unspecified atom stereocenters. The van der Waals surface area contributed by atoms with Gasteiger partial charge in [-0.2, -0.15) is 0 Å². The largest absolute Gasteiger partial charge is 0.456 e. The molecule has 0 saturated carbocycles. The van der Waals surface area contributed by atoms with Crippen LogP contribution in [0.4, 0.5) is 0 Å². The van der Waals surface area contributed by atoms with Crippen molar-refractivity contribution in [2.45, 2.75) is 50.6 Å². The lowest BCUT2D eigenvalue weighted by molar-refractivity contribution is -0.227. The summed E-state index contributed by atoms with van der Waals surface area (Å²) in [5, 5.41) is 0. The van der Waals surface area contributed by atoms with Gasteiger partial charge in [-0.25, -0.2) is 0 Å². The maximum atomic E-state index is 11.3. The molecule has 0 aromatic rings. The van der Waals surface area contributed by atoms with E-state index in [9.17, 15) is 14.4 Å². The molecule has 1 fully saturated rings. The molecular weight excluding hydrogens is 415 g/mol. The van der Waals surface area contributed by atoms with Gasteiger partial charge in [0.15, 0.2) is 18.3 Å². The number of esters is 3. The van der Waals surface area contributed by atoms with Gasteiger partial charge in [0, 0.05) is 25.2 Å². The SMILES string of the molecule is CC(=O)O[C@@H]1[C@H](OC(C)=O)[C@@H](S)O[C@H](CI)[C@H]1OC(C)=O. The second kappa shape index (κ2) is 8.18. The summed E-state index contributed by atoms with van der Waals surface area (Å²) < 4.78 is 21.6. The molecule has 0 spiro atoms. The van der Waals surface area contributed by atoms with Crippen molar-refractivity contribution < 1.29 is 33.3 Å². The second-order valence-corrected chi connectivity index (χ2v) is 5.83. The van der Waals surface area contributed by atoms with Crippen molar-refractivity contribution in [1.82, 2.24) is 0 Å². The Morgan fingerprint density at radius 2 is 1.38 bits per heavy atom. The van der Waals surface area contributed by atoms with Gasteiger partial charge in [0.2, 0.25) is 0 Å². The van der Waals surface area contributed by atoms with Crippen LogP contribution in [0.5, 0.6) is 0 Å². The zero-order valence-corrected chi connectivity index (χ0v) is 14.8. The van der Waals surface area contributed by atoms with Crippen LogP contribution in [0.2, 0.25) is 0 Å². The van der Waals surface area contributed by atoms with Crippen LogP contribution < -0.4 is 0 Å². The number of rotatable bonds is 4. The number of hydrogen-bond donors (Lipinski definition) is 1. The highest BCUT2D eigenvalue weighted by atomic mass is 127. The van der Waals surface area contributed by atoms with Crippen LogP contribution in [-0.4, -0.2) is 52.2 Å². The van der Waals surface area contributed by atoms with E-state index in [1.54, 1.807) is 0 Å². The van der Waals surface area contributed by atoms with Crippen LogP contribution in [0.25, 0.3) is 0 Å². The fourth-order valence-corrected chi connectivity index (χ4v) is 3.09. The van der Waals surface area contributed by atoms with E-state index in [4.69, 9.17) is 18.9 Å². The average molecular weight is 432 g/mol. The first-order valence-electron chi connectivity index (χ1n) is 6.17. The Balaban J connectivity index is 3.08. The lowest BCUT2D eigenvalue weighted by Crippen LogP contribution is -2.60. The van der Waals surface area contributed by atoms with Crippen molar-refractivity contribution in [3.05, 3.63) is 0 Å². The number of halogens is 1. The molecule has 0 N–H and O–H groups in total. The van der Waals surface area contributed by atoms with Crippen LogP contribution in [0.15, 0.2) is 0 Å². The third kappa shape index (κ3) is 5.29. The fraction of sp³-hybridized carbons (Fsp3) is 0.750. The predicted molar refractivity (Wildman–Crippen MR) is 83.2 cm³/mol. The van der Waals surface area contributed by atoms with Crippen LogP contribution in [0, 0.1) is 0 Å². The molecule has 0 aromatic heterocycles. The predicted octanol–water partition coefficient (Wildman–Crippen LogP) is 0.871. The first-order valence-corrected chi connectivity index (χ1v) is 8.21. The minimum atomic E-state index is -0.966. The molecule has 1 heterocycles. The first-order chi connectivity index (χ1) is 9.76. The lowest BCUT2D eigenvalue weighted by atomic mass is 10.00. The van der Waals surface area contributed by atoms with Crippen molar-refractivity contribution in [3.63, 3.8) is 0 Å². The number of alkyl halides is 1. The summed E-state index contributed by atoms with van der Waals surface area (Å²) in [5.74, 6) is -1.70. The molecule has 7 nitrogen and oxygen atoms in total. The van der Waals surface area contributed by atoms with Crippen LogP contribution in [0.3, 0.4) is 0 Å². The van der Waals surface area contributed by atoms with Gasteiger partial charge in [-0.1, -0.05) is 22.6 Å². The van der Waals surface area contributed by atoms with E-state index in [1.807, 2.05) is 0 Å². The molecule has 0 aliphatic carbocycles. The molecule has 1 aliphatic rings.